The molecule has 2 aromatic heterocycles. The predicted octanol–water partition coefficient (Wildman–Crippen LogP) is 1.89. The number of ether oxygens (including phenoxy) is 1. The number of aliphatic hydroxyl groups is 1. The van der Waals surface area contributed by atoms with Gasteiger partial charge in [-0.1, -0.05) is 17.3 Å². The first-order chi connectivity index (χ1) is 12.4. The van der Waals surface area contributed by atoms with Crippen LogP contribution in [-0.4, -0.2) is 55.9 Å². The lowest BCUT2D eigenvalue weighted by Gasteiger charge is -2.19. The van der Waals surface area contributed by atoms with Crippen molar-refractivity contribution in [1.29, 1.82) is 0 Å². The number of hydrogen-bond acceptors (Lipinski definition) is 7. The van der Waals surface area contributed by atoms with Gasteiger partial charge in [-0.25, -0.2) is 4.68 Å². The average molecular weight is 375 g/mol. The number of nitrogens with zero attached hydrogens (tertiary/aromatic N) is 6. The molecule has 26 heavy (non-hydrogen) atoms. The van der Waals surface area contributed by atoms with Gasteiger partial charge >= 0.3 is 0 Å². The Bertz CT molecular complexity index is 940. The first-order valence-electron chi connectivity index (χ1n) is 8.32. The van der Waals surface area contributed by atoms with E-state index in [1.807, 2.05) is 36.1 Å². The van der Waals surface area contributed by atoms with Gasteiger partial charge in [0, 0.05) is 13.1 Å². The summed E-state index contributed by atoms with van der Waals surface area (Å²) in [4.78, 5) is 10.6. The molecule has 0 aliphatic carbocycles. The first-order valence-corrected chi connectivity index (χ1v) is 8.70. The lowest BCUT2D eigenvalue weighted by Crippen LogP contribution is -2.30. The fourth-order valence-corrected chi connectivity index (χ4v) is 3.33. The van der Waals surface area contributed by atoms with Gasteiger partial charge in [-0.2, -0.15) is 9.97 Å². The van der Waals surface area contributed by atoms with E-state index in [0.717, 1.165) is 11.3 Å². The summed E-state index contributed by atoms with van der Waals surface area (Å²) in [5, 5.41) is 18.9. The molecule has 3 heterocycles. The monoisotopic (exact) mass is 374 g/mol. The molecule has 0 spiro atoms. The van der Waals surface area contributed by atoms with E-state index in [9.17, 15) is 5.11 Å². The smallest absolute Gasteiger partial charge is 0.226 e. The van der Waals surface area contributed by atoms with E-state index in [-0.39, 0.29) is 5.28 Å². The Labute approximate surface area is 155 Å². The topological polar surface area (TPSA) is 89.2 Å². The van der Waals surface area contributed by atoms with Crippen molar-refractivity contribution in [3.63, 3.8) is 0 Å². The SMILES string of the molecule is COc1ccc(Cn2nnc3c(N4CC[C@@](C)(O)C4)nc(Cl)nc32)cc1. The minimum absolute atomic E-state index is 0.136. The molecule has 136 valence electrons. The molecule has 1 aliphatic heterocycles. The number of fused-ring (bicyclic) bond motifs is 1. The van der Waals surface area contributed by atoms with Gasteiger partial charge in [0.1, 0.15) is 5.75 Å². The Morgan fingerprint density at radius 1 is 1.27 bits per heavy atom. The highest BCUT2D eigenvalue weighted by molar-refractivity contribution is 6.28. The van der Waals surface area contributed by atoms with Crippen molar-refractivity contribution in [3.05, 3.63) is 35.1 Å². The van der Waals surface area contributed by atoms with Gasteiger partial charge in [-0.15, -0.1) is 5.10 Å². The van der Waals surface area contributed by atoms with Crippen molar-refractivity contribution in [3.8, 4) is 5.75 Å². The van der Waals surface area contributed by atoms with E-state index in [1.54, 1.807) is 11.8 Å². The summed E-state index contributed by atoms with van der Waals surface area (Å²) in [5.41, 5.74) is 1.45. The summed E-state index contributed by atoms with van der Waals surface area (Å²) in [6, 6.07) is 7.73. The van der Waals surface area contributed by atoms with Crippen LogP contribution in [0.1, 0.15) is 18.9 Å². The lowest BCUT2D eigenvalue weighted by molar-refractivity contribution is 0.0839. The number of rotatable bonds is 4. The second-order valence-electron chi connectivity index (χ2n) is 6.75. The maximum absolute atomic E-state index is 10.2. The average Bonchev–Trinajstić information content (AvgIpc) is 3.18. The Balaban J connectivity index is 1.69. The molecule has 1 fully saturated rings. The Hall–Kier alpha value is -2.45. The van der Waals surface area contributed by atoms with Crippen LogP contribution in [0.15, 0.2) is 24.3 Å². The third-order valence-corrected chi connectivity index (χ3v) is 4.73. The van der Waals surface area contributed by atoms with Gasteiger partial charge in [-0.05, 0) is 42.6 Å². The number of anilines is 1. The van der Waals surface area contributed by atoms with Crippen molar-refractivity contribution in [1.82, 2.24) is 25.0 Å². The molecule has 1 aliphatic rings. The van der Waals surface area contributed by atoms with E-state index in [1.165, 1.54) is 0 Å². The number of β-amino-alcohol motifs (C(OH)–C–C–N with tert-alkyl or cyclic N) is 1. The van der Waals surface area contributed by atoms with E-state index in [2.05, 4.69) is 20.3 Å². The summed E-state index contributed by atoms with van der Waals surface area (Å²) >= 11 is 6.15. The molecule has 8 nitrogen and oxygen atoms in total. The number of methoxy groups -OCH3 is 1. The number of aromatic nitrogens is 5. The fraction of sp³-hybridized carbons (Fsp3) is 0.412. The summed E-state index contributed by atoms with van der Waals surface area (Å²) in [6.07, 6.45) is 0.663. The Kier molecular flexibility index (Phi) is 4.16. The number of benzene rings is 1. The fourth-order valence-electron chi connectivity index (χ4n) is 3.17. The largest absolute Gasteiger partial charge is 0.497 e. The molecule has 9 heteroatoms. The van der Waals surface area contributed by atoms with Gasteiger partial charge < -0.3 is 14.7 Å². The zero-order valence-electron chi connectivity index (χ0n) is 14.6. The highest BCUT2D eigenvalue weighted by Gasteiger charge is 2.34. The third kappa shape index (κ3) is 3.17. The van der Waals surface area contributed by atoms with Gasteiger partial charge in [0.2, 0.25) is 5.28 Å². The maximum Gasteiger partial charge on any atom is 0.226 e. The van der Waals surface area contributed by atoms with Crippen LogP contribution in [0.5, 0.6) is 5.75 Å². The highest BCUT2D eigenvalue weighted by Crippen LogP contribution is 2.30. The number of hydrogen-bond donors (Lipinski definition) is 1. The Morgan fingerprint density at radius 3 is 2.69 bits per heavy atom. The molecular weight excluding hydrogens is 356 g/mol. The van der Waals surface area contributed by atoms with Gasteiger partial charge in [-0.3, -0.25) is 0 Å². The van der Waals surface area contributed by atoms with E-state index >= 15 is 0 Å². The summed E-state index contributed by atoms with van der Waals surface area (Å²) in [7, 11) is 1.64. The van der Waals surface area contributed by atoms with Crippen LogP contribution in [0.4, 0.5) is 5.82 Å². The van der Waals surface area contributed by atoms with Gasteiger partial charge in [0.25, 0.3) is 0 Å². The van der Waals surface area contributed by atoms with E-state index < -0.39 is 5.60 Å². The quantitative estimate of drug-likeness (QED) is 0.697. The van der Waals surface area contributed by atoms with Gasteiger partial charge in [0.05, 0.1) is 19.3 Å². The number of halogens is 1. The van der Waals surface area contributed by atoms with Crippen LogP contribution in [0.2, 0.25) is 5.28 Å². The second-order valence-corrected chi connectivity index (χ2v) is 7.09. The minimum atomic E-state index is -0.747. The van der Waals surface area contributed by atoms with Crippen molar-refractivity contribution in [2.24, 2.45) is 0 Å². The van der Waals surface area contributed by atoms with Crippen molar-refractivity contribution < 1.29 is 9.84 Å². The molecule has 1 N–H and O–H groups in total. The molecule has 1 atom stereocenters. The maximum atomic E-state index is 10.2. The van der Waals surface area contributed by atoms with Crippen LogP contribution in [-0.2, 0) is 6.54 Å². The van der Waals surface area contributed by atoms with Crippen molar-refractivity contribution in [2.75, 3.05) is 25.1 Å². The zero-order valence-corrected chi connectivity index (χ0v) is 15.3. The van der Waals surface area contributed by atoms with Crippen LogP contribution < -0.4 is 9.64 Å². The zero-order chi connectivity index (χ0) is 18.3. The standard InChI is InChI=1S/C17H19ClN6O2/c1-17(25)7-8-23(10-17)14-13-15(20-16(18)19-14)24(22-21-13)9-11-3-5-12(26-2)6-4-11/h3-6,25H,7-10H2,1-2H3/t17-/m1/s1. The lowest BCUT2D eigenvalue weighted by atomic mass is 10.1. The highest BCUT2D eigenvalue weighted by atomic mass is 35.5. The van der Waals surface area contributed by atoms with E-state index in [0.29, 0.717) is 43.0 Å². The molecular formula is C17H19ClN6O2. The molecule has 1 aromatic carbocycles. The molecule has 1 saturated heterocycles. The molecule has 4 rings (SSSR count). The van der Waals surface area contributed by atoms with Crippen molar-refractivity contribution >= 4 is 28.6 Å². The van der Waals surface area contributed by atoms with Crippen molar-refractivity contribution in [2.45, 2.75) is 25.5 Å². The molecule has 0 bridgehead atoms. The molecule has 0 radical (unpaired) electrons. The summed E-state index contributed by atoms with van der Waals surface area (Å²) in [6.45, 7) is 3.47. The van der Waals surface area contributed by atoms with Crippen LogP contribution >= 0.6 is 11.6 Å². The third-order valence-electron chi connectivity index (χ3n) is 4.56. The minimum Gasteiger partial charge on any atom is -0.497 e. The van der Waals surface area contributed by atoms with E-state index in [4.69, 9.17) is 16.3 Å². The van der Waals surface area contributed by atoms with Crippen LogP contribution in [0, 0.1) is 0 Å². The predicted molar refractivity (Wildman–Crippen MR) is 97.7 cm³/mol. The summed E-state index contributed by atoms with van der Waals surface area (Å²) < 4.78 is 6.88. The normalized spacial score (nSPS) is 20.1. The molecule has 0 unspecified atom stereocenters. The van der Waals surface area contributed by atoms with Crippen LogP contribution in [0.25, 0.3) is 11.2 Å². The molecule has 3 aromatic rings. The van der Waals surface area contributed by atoms with Crippen LogP contribution in [0.3, 0.4) is 0 Å². The van der Waals surface area contributed by atoms with Gasteiger partial charge in [0.15, 0.2) is 17.0 Å². The Morgan fingerprint density at radius 2 is 2.04 bits per heavy atom. The molecule has 0 saturated carbocycles. The molecule has 0 amide bonds. The first kappa shape index (κ1) is 17.0. The summed E-state index contributed by atoms with van der Waals surface area (Å²) in [5.74, 6) is 1.41. The second kappa shape index (κ2) is 6.37.